The van der Waals surface area contributed by atoms with E-state index < -0.39 is 0 Å². The Hall–Kier alpha value is -0.830. The molecule has 0 unspecified atom stereocenters. The van der Waals surface area contributed by atoms with Crippen LogP contribution in [-0.2, 0) is 6.42 Å². The predicted molar refractivity (Wildman–Crippen MR) is 64.9 cm³/mol. The van der Waals surface area contributed by atoms with Crippen molar-refractivity contribution in [1.29, 1.82) is 0 Å². The lowest BCUT2D eigenvalue weighted by molar-refractivity contribution is -0.626. The number of benzene rings is 2. The van der Waals surface area contributed by atoms with E-state index in [1.807, 2.05) is 0 Å². The number of rotatable bonds is 4. The van der Waals surface area contributed by atoms with Crippen LogP contribution in [0, 0.1) is 10.5 Å². The molecule has 0 heterocycles. The van der Waals surface area contributed by atoms with E-state index in [1.54, 1.807) is 3.57 Å². The molecule has 2 aromatic carbocycles. The largest absolute Gasteiger partial charge is 0.313 e. The molecule has 0 aromatic heterocycles. The summed E-state index contributed by atoms with van der Waals surface area (Å²) in [6, 6.07) is 19.8. The lowest BCUT2D eigenvalue weighted by Crippen LogP contribution is -3.62. The summed E-state index contributed by atoms with van der Waals surface area (Å²) in [5.41, 5.74) is 2.82. The fourth-order valence-corrected chi connectivity index (χ4v) is 3.92. The topological polar surface area (TPSA) is 0 Å². The molecule has 0 bridgehead atoms. The normalized spacial score (nSPS) is 10.3. The Kier molecular flexibility index (Phi) is 4.40. The Labute approximate surface area is 108 Å². The zero-order valence-corrected chi connectivity index (χ0v) is 11.6. The first kappa shape index (κ1) is 11.6. The van der Waals surface area contributed by atoms with Gasteiger partial charge >= 0.3 is 21.2 Å². The molecule has 0 atom stereocenters. The van der Waals surface area contributed by atoms with Gasteiger partial charge in [-0.1, -0.05) is 48.0 Å². The molecule has 0 saturated carbocycles. The molecule has 0 fully saturated rings. The highest BCUT2D eigenvalue weighted by Crippen LogP contribution is 1.97. The van der Waals surface area contributed by atoms with Crippen molar-refractivity contribution in [2.45, 2.75) is 13.3 Å². The van der Waals surface area contributed by atoms with Crippen molar-refractivity contribution in [3.05, 3.63) is 69.3 Å². The van der Waals surface area contributed by atoms with Crippen LogP contribution in [0.4, 0.5) is 0 Å². The van der Waals surface area contributed by atoms with Crippen LogP contribution in [-0.4, -0.2) is 4.43 Å². The van der Waals surface area contributed by atoms with Crippen molar-refractivity contribution in [2.24, 2.45) is 0 Å². The van der Waals surface area contributed by atoms with Gasteiger partial charge in [0.2, 0.25) is 0 Å². The Balaban J connectivity index is 1.82. The average Bonchev–Trinajstić information content (AvgIpc) is 2.33. The first-order valence-corrected chi connectivity index (χ1v) is 8.15. The van der Waals surface area contributed by atoms with E-state index >= 15 is 0 Å². The molecule has 2 aromatic rings. The van der Waals surface area contributed by atoms with E-state index in [-0.39, 0.29) is 21.2 Å². The third-order valence-electron chi connectivity index (χ3n) is 2.49. The molecule has 0 aliphatic heterocycles. The fourth-order valence-electron chi connectivity index (χ4n) is 1.53. The van der Waals surface area contributed by atoms with Crippen LogP contribution >= 0.6 is 0 Å². The first-order valence-electron chi connectivity index (χ1n) is 5.54. The molecule has 0 saturated heterocycles. The minimum atomic E-state index is 0.188. The van der Waals surface area contributed by atoms with Crippen LogP contribution in [0.1, 0.15) is 11.1 Å². The summed E-state index contributed by atoms with van der Waals surface area (Å²) in [4.78, 5) is 0. The zero-order valence-electron chi connectivity index (χ0n) is 9.49. The van der Waals surface area contributed by atoms with Gasteiger partial charge < -0.3 is 0 Å². The molecule has 16 heavy (non-hydrogen) atoms. The van der Waals surface area contributed by atoms with E-state index in [0.29, 0.717) is 0 Å². The second-order valence-electron chi connectivity index (χ2n) is 3.85. The highest BCUT2D eigenvalue weighted by molar-refractivity contribution is 5.14. The second-order valence-corrected chi connectivity index (χ2v) is 6.94. The molecule has 0 spiro atoms. The van der Waals surface area contributed by atoms with Gasteiger partial charge in [-0.15, -0.1) is 0 Å². The average molecular weight is 323 g/mol. The Morgan fingerprint density at radius 2 is 1.56 bits per heavy atom. The van der Waals surface area contributed by atoms with Gasteiger partial charge in [0, 0.05) is 6.42 Å². The predicted octanol–water partition coefficient (Wildman–Crippen LogP) is 0.496. The molecule has 0 radical (unpaired) electrons. The van der Waals surface area contributed by atoms with Gasteiger partial charge in [-0.3, -0.25) is 0 Å². The van der Waals surface area contributed by atoms with E-state index in [4.69, 9.17) is 0 Å². The summed E-state index contributed by atoms with van der Waals surface area (Å²) in [7, 11) is 0. The fraction of sp³-hybridized carbons (Fsp3) is 0.200. The Morgan fingerprint density at radius 3 is 2.25 bits per heavy atom. The summed E-state index contributed by atoms with van der Waals surface area (Å²) in [5, 5.41) is 0. The smallest absolute Gasteiger partial charge is 0.0622 e. The first-order chi connectivity index (χ1) is 7.84. The number of hydrogen-bond donors (Lipinski definition) is 0. The molecule has 82 valence electrons. The van der Waals surface area contributed by atoms with Crippen LogP contribution in [0.5, 0.6) is 0 Å². The van der Waals surface area contributed by atoms with E-state index in [1.165, 1.54) is 22.0 Å². The summed E-state index contributed by atoms with van der Waals surface area (Å²) in [6.07, 6.45) is 1.22. The van der Waals surface area contributed by atoms with E-state index in [9.17, 15) is 0 Å². The molecular formula is C15H16I+. The van der Waals surface area contributed by atoms with Gasteiger partial charge in [0.1, 0.15) is 0 Å². The van der Waals surface area contributed by atoms with Gasteiger partial charge in [-0.05, 0) is 24.6 Å². The molecule has 0 aliphatic carbocycles. The van der Waals surface area contributed by atoms with Gasteiger partial charge in [-0.25, -0.2) is 0 Å². The van der Waals surface area contributed by atoms with Crippen molar-refractivity contribution >= 4 is 0 Å². The quantitative estimate of drug-likeness (QED) is 0.568. The maximum atomic E-state index is 2.29. The maximum absolute atomic E-state index is 2.29. The number of hydrogen-bond acceptors (Lipinski definition) is 0. The van der Waals surface area contributed by atoms with E-state index in [0.717, 1.165) is 0 Å². The van der Waals surface area contributed by atoms with Gasteiger partial charge in [0.15, 0.2) is 8.00 Å². The number of halogens is 1. The molecule has 0 nitrogen and oxygen atoms in total. The highest BCUT2D eigenvalue weighted by atomic mass is 127. The van der Waals surface area contributed by atoms with Crippen molar-refractivity contribution in [3.8, 4) is 0 Å². The number of alkyl halides is 1. The highest BCUT2D eigenvalue weighted by Gasteiger charge is 2.10. The van der Waals surface area contributed by atoms with Crippen LogP contribution in [0.15, 0.2) is 54.6 Å². The Bertz CT molecular complexity index is 417. The summed E-state index contributed by atoms with van der Waals surface area (Å²) in [6.45, 7) is 2.14. The van der Waals surface area contributed by atoms with Crippen molar-refractivity contribution < 1.29 is 21.2 Å². The summed E-state index contributed by atoms with van der Waals surface area (Å²) < 4.78 is 2.90. The van der Waals surface area contributed by atoms with Gasteiger partial charge in [-0.2, -0.15) is 0 Å². The third kappa shape index (κ3) is 3.63. The minimum Gasteiger partial charge on any atom is -0.0622 e. The SMILES string of the molecule is Cc1ccc([I+]CCc2ccccc2)cc1. The van der Waals surface area contributed by atoms with Crippen LogP contribution < -0.4 is 21.2 Å². The van der Waals surface area contributed by atoms with Crippen molar-refractivity contribution in [2.75, 3.05) is 4.43 Å². The summed E-state index contributed by atoms with van der Waals surface area (Å²) >= 11 is 0.188. The number of aryl methyl sites for hydroxylation is 2. The third-order valence-corrected chi connectivity index (χ3v) is 5.16. The zero-order chi connectivity index (χ0) is 11.2. The molecule has 1 heteroatoms. The van der Waals surface area contributed by atoms with Crippen LogP contribution in [0.3, 0.4) is 0 Å². The molecule has 0 amide bonds. The molecule has 0 N–H and O–H groups in total. The van der Waals surface area contributed by atoms with Crippen LogP contribution in [0.2, 0.25) is 0 Å². The summed E-state index contributed by atoms with van der Waals surface area (Å²) in [5.74, 6) is 0. The standard InChI is InChI=1S/C15H16I/c1-13-7-9-15(10-8-13)16-12-11-14-5-3-2-4-6-14/h2-10H,11-12H2,1H3/q+1. The lowest BCUT2D eigenvalue weighted by atomic mass is 10.2. The molecule has 0 aliphatic rings. The Morgan fingerprint density at radius 1 is 0.875 bits per heavy atom. The van der Waals surface area contributed by atoms with Crippen molar-refractivity contribution in [3.63, 3.8) is 0 Å². The molecule has 2 rings (SSSR count). The second kappa shape index (κ2) is 6.04. The molecular weight excluding hydrogens is 307 g/mol. The van der Waals surface area contributed by atoms with Crippen LogP contribution in [0.25, 0.3) is 0 Å². The minimum absolute atomic E-state index is 0.188. The van der Waals surface area contributed by atoms with E-state index in [2.05, 4.69) is 61.5 Å². The lowest BCUT2D eigenvalue weighted by Gasteiger charge is -1.93. The maximum Gasteiger partial charge on any atom is 0.313 e. The monoisotopic (exact) mass is 323 g/mol. The van der Waals surface area contributed by atoms with Crippen molar-refractivity contribution in [1.82, 2.24) is 0 Å². The van der Waals surface area contributed by atoms with Gasteiger partial charge in [0.05, 0.1) is 0 Å². The van der Waals surface area contributed by atoms with Gasteiger partial charge in [0.25, 0.3) is 0 Å².